The van der Waals surface area contributed by atoms with Crippen molar-refractivity contribution in [3.63, 3.8) is 0 Å². The van der Waals surface area contributed by atoms with Gasteiger partial charge in [-0.05, 0) is 104 Å². The number of rotatable bonds is 22. The van der Waals surface area contributed by atoms with Crippen molar-refractivity contribution in [1.82, 2.24) is 36.8 Å². The maximum absolute atomic E-state index is 14.5. The number of carboxylic acids is 1. The summed E-state index contributed by atoms with van der Waals surface area (Å²) in [5, 5.41) is 33.5. The molecule has 70 heavy (non-hydrogen) atoms. The van der Waals surface area contributed by atoms with Crippen LogP contribution in [-0.2, 0) is 43.6 Å². The highest BCUT2D eigenvalue weighted by Gasteiger charge is 2.38. The fourth-order valence-electron chi connectivity index (χ4n) is 7.74. The first-order chi connectivity index (χ1) is 33.5. The van der Waals surface area contributed by atoms with Gasteiger partial charge in [-0.25, -0.2) is 9.59 Å². The summed E-state index contributed by atoms with van der Waals surface area (Å²) >= 11 is 0. The Morgan fingerprint density at radius 1 is 0.829 bits per heavy atom. The number of amides is 6. The second-order valence-corrected chi connectivity index (χ2v) is 16.8. The number of fused-ring (bicyclic) bond motifs is 1. The average Bonchev–Trinajstić information content (AvgIpc) is 3.77. The summed E-state index contributed by atoms with van der Waals surface area (Å²) in [5.41, 5.74) is 15.5. The maximum atomic E-state index is 14.5. The molecule has 5 rings (SSSR count). The molecule has 1 heterocycles. The van der Waals surface area contributed by atoms with Crippen molar-refractivity contribution in [2.45, 2.75) is 96.2 Å². The van der Waals surface area contributed by atoms with E-state index in [2.05, 4.69) is 41.8 Å². The molecule has 12 N–H and O–H groups in total. The lowest BCUT2D eigenvalue weighted by Crippen LogP contribution is -2.50. The Morgan fingerprint density at radius 2 is 1.46 bits per heavy atom. The van der Waals surface area contributed by atoms with Crippen molar-refractivity contribution in [3.05, 3.63) is 95.1 Å². The van der Waals surface area contributed by atoms with Crippen LogP contribution in [0.3, 0.4) is 0 Å². The number of nitrogens with zero attached hydrogens (tertiary/aromatic N) is 2. The second kappa shape index (κ2) is 28.5. The third kappa shape index (κ3) is 19.2. The summed E-state index contributed by atoms with van der Waals surface area (Å²) in [4.78, 5) is 79.8. The van der Waals surface area contributed by atoms with Gasteiger partial charge in [-0.1, -0.05) is 55.5 Å². The topological polar surface area (TPSA) is 292 Å². The number of guanidine groups is 1. The number of phenolic OH excluding ortho intramolecular Hbond substituents is 1. The van der Waals surface area contributed by atoms with E-state index in [0.29, 0.717) is 63.7 Å². The molecular formula is C48H65F3N10O9. The summed E-state index contributed by atoms with van der Waals surface area (Å²) in [6.45, 7) is 5.21. The minimum atomic E-state index is -5.08. The van der Waals surface area contributed by atoms with Crippen molar-refractivity contribution in [2.24, 2.45) is 28.3 Å². The minimum Gasteiger partial charge on any atom is -0.508 e. The van der Waals surface area contributed by atoms with Gasteiger partial charge in [0.2, 0.25) is 23.6 Å². The fourth-order valence-corrected chi connectivity index (χ4v) is 7.74. The lowest BCUT2D eigenvalue weighted by molar-refractivity contribution is -0.192. The fraction of sp³-hybridized carbons (Fsp3) is 0.479. The first kappa shape index (κ1) is 55.7. The van der Waals surface area contributed by atoms with Crippen molar-refractivity contribution in [1.29, 1.82) is 0 Å². The van der Waals surface area contributed by atoms with E-state index in [-0.39, 0.29) is 67.9 Å². The van der Waals surface area contributed by atoms with Crippen molar-refractivity contribution < 1.29 is 56.9 Å². The van der Waals surface area contributed by atoms with Gasteiger partial charge in [0.1, 0.15) is 23.6 Å². The van der Waals surface area contributed by atoms with Crippen LogP contribution in [0.2, 0.25) is 0 Å². The van der Waals surface area contributed by atoms with E-state index in [1.807, 2.05) is 48.5 Å². The number of hydrogen-bond donors (Lipinski definition) is 10. The Morgan fingerprint density at radius 3 is 2.06 bits per heavy atom. The molecular weight excluding hydrogens is 918 g/mol. The van der Waals surface area contributed by atoms with Gasteiger partial charge < -0.3 is 53.0 Å². The van der Waals surface area contributed by atoms with Crippen molar-refractivity contribution in [3.8, 4) is 11.5 Å². The third-order valence-corrected chi connectivity index (χ3v) is 11.6. The highest BCUT2D eigenvalue weighted by molar-refractivity contribution is 5.95. The number of carboxylic acid groups (broad SMARTS) is 1. The molecule has 0 saturated heterocycles. The van der Waals surface area contributed by atoms with Crippen LogP contribution in [0.5, 0.6) is 11.5 Å². The summed E-state index contributed by atoms with van der Waals surface area (Å²) in [6, 6.07) is 19.6. The summed E-state index contributed by atoms with van der Waals surface area (Å²) in [7, 11) is 0. The number of nitrogens with two attached hydrogens (primary N) is 2. The number of ether oxygens (including phenoxy) is 1. The van der Waals surface area contributed by atoms with Crippen LogP contribution in [0, 0.1) is 11.8 Å². The average molecular weight is 983 g/mol. The van der Waals surface area contributed by atoms with E-state index < -0.39 is 36.2 Å². The molecule has 2 atom stereocenters. The number of alkyl halides is 3. The summed E-state index contributed by atoms with van der Waals surface area (Å²) in [6.07, 6.45) is 0.211. The largest absolute Gasteiger partial charge is 0.508 e. The second-order valence-electron chi connectivity index (χ2n) is 16.8. The van der Waals surface area contributed by atoms with Gasteiger partial charge in [-0.3, -0.25) is 34.4 Å². The zero-order valence-corrected chi connectivity index (χ0v) is 39.2. The number of benzene rings is 3. The van der Waals surface area contributed by atoms with Gasteiger partial charge in [0.05, 0.1) is 6.61 Å². The molecule has 2 aliphatic rings. The third-order valence-electron chi connectivity index (χ3n) is 11.6. The molecule has 19 nitrogen and oxygen atoms in total. The maximum Gasteiger partial charge on any atom is 0.490 e. The van der Waals surface area contributed by atoms with Crippen LogP contribution in [-0.4, -0.2) is 108 Å². The highest BCUT2D eigenvalue weighted by Crippen LogP contribution is 2.33. The van der Waals surface area contributed by atoms with E-state index in [1.54, 1.807) is 19.1 Å². The molecule has 0 radical (unpaired) electrons. The molecule has 1 aliphatic carbocycles. The molecule has 3 aromatic rings. The standard InChI is InChI=1S/C46H64N10O7.C2HF3O2/c1-2-40(58)49-24-25-52-46(62)55-45(48)51-22-5-9-39(43(60)53-28-32-12-18-37(57)19-13-32)54-44(61)41(56-29-35-7-3-4-8-36(35)30-56)33-16-20-38(21-17-33)63-26-6-23-50-42(59)34-14-10-31(27-47)11-15-34;3-2(4,5)1(6)7/h3-4,7-8,12-13,16-21,31,34,39,41,57H,2,5-6,9-11,14-15,22-30,47H2,1H3,(H,49,58)(H,50,59)(H,53,60)(H,54,61)(H4,48,51,52,55,62);(H,6,7)/t31?,34?,39-,41+;/m1./s1. The number of aliphatic imine (C=N–C) groups is 1. The molecule has 0 aromatic heterocycles. The van der Waals surface area contributed by atoms with Crippen LogP contribution < -0.4 is 48.1 Å². The number of aliphatic carboxylic acids is 1. The Kier molecular flexibility index (Phi) is 22.7. The zero-order valence-electron chi connectivity index (χ0n) is 39.2. The molecule has 6 amide bonds. The number of urea groups is 1. The van der Waals surface area contributed by atoms with Crippen LogP contribution >= 0.6 is 0 Å². The Hall–Kier alpha value is -6.94. The lowest BCUT2D eigenvalue weighted by Gasteiger charge is -2.29. The Balaban J connectivity index is 0.00000141. The normalized spacial score (nSPS) is 16.5. The predicted molar refractivity (Wildman–Crippen MR) is 254 cm³/mol. The predicted octanol–water partition coefficient (Wildman–Crippen LogP) is 3.45. The van der Waals surface area contributed by atoms with E-state index in [9.17, 15) is 42.3 Å². The quantitative estimate of drug-likeness (QED) is 0.0394. The monoisotopic (exact) mass is 982 g/mol. The van der Waals surface area contributed by atoms with Gasteiger partial charge in [-0.15, -0.1) is 0 Å². The van der Waals surface area contributed by atoms with E-state index in [1.165, 1.54) is 12.1 Å². The van der Waals surface area contributed by atoms with Gasteiger partial charge >= 0.3 is 18.2 Å². The van der Waals surface area contributed by atoms with E-state index in [0.717, 1.165) is 47.9 Å². The summed E-state index contributed by atoms with van der Waals surface area (Å²) in [5.74, 6) is -2.35. The number of carbonyl (C=O) groups is 6. The Bertz CT molecular complexity index is 2180. The molecule has 0 bridgehead atoms. The molecule has 1 aliphatic heterocycles. The van der Waals surface area contributed by atoms with E-state index in [4.69, 9.17) is 26.1 Å². The van der Waals surface area contributed by atoms with Gasteiger partial charge in [0.15, 0.2) is 5.96 Å². The first-order valence-electron chi connectivity index (χ1n) is 23.3. The zero-order chi connectivity index (χ0) is 51.1. The molecule has 0 spiro atoms. The van der Waals surface area contributed by atoms with Crippen molar-refractivity contribution in [2.75, 3.05) is 39.3 Å². The molecule has 1 fully saturated rings. The van der Waals surface area contributed by atoms with E-state index >= 15 is 0 Å². The molecule has 1 saturated carbocycles. The number of halogens is 3. The molecule has 0 unspecified atom stereocenters. The summed E-state index contributed by atoms with van der Waals surface area (Å²) < 4.78 is 37.8. The van der Waals surface area contributed by atoms with Crippen LogP contribution in [0.25, 0.3) is 0 Å². The Labute approximate surface area is 404 Å². The molecule has 22 heteroatoms. The number of aromatic hydroxyl groups is 1. The van der Waals surface area contributed by atoms with Crippen LogP contribution in [0.15, 0.2) is 77.8 Å². The van der Waals surface area contributed by atoms with Crippen LogP contribution in [0.1, 0.15) is 86.6 Å². The van der Waals surface area contributed by atoms with Gasteiger partial charge in [0, 0.05) is 58.2 Å². The number of nitrogens with one attached hydrogen (secondary N) is 6. The minimum absolute atomic E-state index is 0.0480. The molecule has 382 valence electrons. The SMILES string of the molecule is CCC(=O)NCCNC(=O)NC(N)=NCCC[C@@H](NC(=O)[C@H](c1ccc(OCCCNC(=O)C2CCC(CN)CC2)cc1)N1Cc2ccccc2C1)C(=O)NCc1ccc(O)cc1.O=C(O)C(F)(F)F. The lowest BCUT2D eigenvalue weighted by atomic mass is 9.81. The number of carbonyl (C=O) groups excluding carboxylic acids is 5. The number of hydrogen-bond acceptors (Lipinski definition) is 11. The van der Waals surface area contributed by atoms with Crippen molar-refractivity contribution >= 4 is 41.6 Å². The highest BCUT2D eigenvalue weighted by atomic mass is 19.4. The molecule has 3 aromatic carbocycles. The van der Waals surface area contributed by atoms with Crippen LogP contribution in [0.4, 0.5) is 18.0 Å². The smallest absolute Gasteiger partial charge is 0.490 e. The van der Waals surface area contributed by atoms with Gasteiger partial charge in [-0.2, -0.15) is 13.2 Å². The first-order valence-corrected chi connectivity index (χ1v) is 23.3. The number of phenols is 1. The van der Waals surface area contributed by atoms with Gasteiger partial charge in [0.25, 0.3) is 0 Å².